The normalized spacial score (nSPS) is 14.1. The lowest BCUT2D eigenvalue weighted by Crippen LogP contribution is -2.45. The van der Waals surface area contributed by atoms with E-state index in [4.69, 9.17) is 5.73 Å². The van der Waals surface area contributed by atoms with Crippen LogP contribution in [0, 0.1) is 0 Å². The van der Waals surface area contributed by atoms with Crippen molar-refractivity contribution < 1.29 is 0 Å². The van der Waals surface area contributed by atoms with Crippen LogP contribution in [0.2, 0.25) is 0 Å². The Bertz CT molecular complexity index is 432. The molecule has 0 aliphatic heterocycles. The number of nitrogens with two attached hydrogens (primary N) is 1. The maximum atomic E-state index is 5.89. The van der Waals surface area contributed by atoms with Crippen molar-refractivity contribution in [3.8, 4) is 0 Å². The summed E-state index contributed by atoms with van der Waals surface area (Å²) in [6.45, 7) is 6.77. The largest absolute Gasteiger partial charge is 0.370 e. The van der Waals surface area contributed by atoms with Crippen LogP contribution >= 0.6 is 24.0 Å². The van der Waals surface area contributed by atoms with Gasteiger partial charge in [-0.3, -0.25) is 9.67 Å². The topological polar surface area (TPSA) is 71.5 Å². The van der Waals surface area contributed by atoms with Crippen LogP contribution in [0.3, 0.4) is 0 Å². The molecule has 0 spiro atoms. The maximum absolute atomic E-state index is 5.89. The molecule has 1 heterocycles. The highest BCUT2D eigenvalue weighted by Gasteiger charge is 2.16. The van der Waals surface area contributed by atoms with Crippen molar-refractivity contribution in [1.29, 1.82) is 0 Å². The van der Waals surface area contributed by atoms with Crippen LogP contribution < -0.4 is 11.1 Å². The number of nitrogens with zero attached hydrogens (tertiary/aromatic N) is 4. The Morgan fingerprint density at radius 3 is 2.50 bits per heavy atom. The molecule has 0 amide bonds. The molecule has 20 heavy (non-hydrogen) atoms. The van der Waals surface area contributed by atoms with Crippen molar-refractivity contribution in [1.82, 2.24) is 20.0 Å². The molecule has 0 aromatic carbocycles. The lowest BCUT2D eigenvalue weighted by Gasteiger charge is -2.24. The summed E-state index contributed by atoms with van der Waals surface area (Å²) in [6, 6.07) is 0.175. The highest BCUT2D eigenvalue weighted by Crippen LogP contribution is 2.17. The molecule has 1 aromatic heterocycles. The van der Waals surface area contributed by atoms with E-state index in [1.807, 2.05) is 33.5 Å². The number of likely N-dealkylation sites (N-methyl/N-ethyl adjacent to an activating group) is 1. The zero-order valence-electron chi connectivity index (χ0n) is 13.2. The second-order valence-corrected chi connectivity index (χ2v) is 6.03. The second kappa shape index (κ2) is 7.82. The number of nitrogens with one attached hydrogen (secondary N) is 1. The minimum absolute atomic E-state index is 0. The Morgan fingerprint density at radius 1 is 1.50 bits per heavy atom. The van der Waals surface area contributed by atoms with Crippen molar-refractivity contribution in [3.63, 3.8) is 0 Å². The zero-order chi connectivity index (χ0) is 14.6. The third-order valence-corrected chi connectivity index (χ3v) is 2.67. The molecule has 1 aromatic rings. The second-order valence-electron chi connectivity index (χ2n) is 6.03. The average molecular weight is 394 g/mol. The van der Waals surface area contributed by atoms with Gasteiger partial charge in [0.25, 0.3) is 0 Å². The molecule has 0 saturated carbocycles. The van der Waals surface area contributed by atoms with Gasteiger partial charge in [-0.15, -0.1) is 24.0 Å². The average Bonchev–Trinajstić information content (AvgIpc) is 2.61. The van der Waals surface area contributed by atoms with Crippen molar-refractivity contribution in [2.24, 2.45) is 17.8 Å². The highest BCUT2D eigenvalue weighted by atomic mass is 127. The van der Waals surface area contributed by atoms with Crippen molar-refractivity contribution in [2.45, 2.75) is 32.4 Å². The first-order valence-electron chi connectivity index (χ1n) is 6.42. The van der Waals surface area contributed by atoms with Crippen molar-refractivity contribution in [3.05, 3.63) is 18.0 Å². The quantitative estimate of drug-likeness (QED) is 0.460. The molecule has 0 fully saturated rings. The summed E-state index contributed by atoms with van der Waals surface area (Å²) in [7, 11) is 5.97. The van der Waals surface area contributed by atoms with E-state index < -0.39 is 0 Å². The zero-order valence-corrected chi connectivity index (χ0v) is 15.5. The van der Waals surface area contributed by atoms with Gasteiger partial charge in [-0.05, 0) is 34.9 Å². The smallest absolute Gasteiger partial charge is 0.189 e. The van der Waals surface area contributed by atoms with E-state index in [1.165, 1.54) is 0 Å². The number of halogens is 1. The lowest BCUT2D eigenvalue weighted by atomic mass is 10.1. The Morgan fingerprint density at radius 2 is 2.10 bits per heavy atom. The van der Waals surface area contributed by atoms with Gasteiger partial charge in [-0.25, -0.2) is 0 Å². The minimum atomic E-state index is -0.0739. The molecule has 116 valence electrons. The molecule has 3 N–H and O–H groups in total. The van der Waals surface area contributed by atoms with E-state index in [0.29, 0.717) is 12.5 Å². The van der Waals surface area contributed by atoms with Crippen molar-refractivity contribution in [2.75, 3.05) is 20.6 Å². The Kier molecular flexibility index (Phi) is 7.50. The van der Waals surface area contributed by atoms with E-state index >= 15 is 0 Å². The summed E-state index contributed by atoms with van der Waals surface area (Å²) in [6.07, 6.45) is 3.88. The van der Waals surface area contributed by atoms with Gasteiger partial charge >= 0.3 is 0 Å². The molecule has 1 rings (SSSR count). The molecule has 0 bridgehead atoms. The Labute approximate surface area is 138 Å². The fourth-order valence-corrected chi connectivity index (χ4v) is 1.79. The SMILES string of the molecule is CN(C)C(CN=C(N)NC(C)(C)C)c1cnn(C)c1.I. The Hall–Kier alpha value is -0.830. The van der Waals surface area contributed by atoms with Gasteiger partial charge in [0.1, 0.15) is 0 Å². The van der Waals surface area contributed by atoms with E-state index in [1.54, 1.807) is 4.68 Å². The predicted octanol–water partition coefficient (Wildman–Crippen LogP) is 1.34. The summed E-state index contributed by atoms with van der Waals surface area (Å²) >= 11 is 0. The number of aromatic nitrogens is 2. The summed E-state index contributed by atoms with van der Waals surface area (Å²) in [5.74, 6) is 0.475. The monoisotopic (exact) mass is 394 g/mol. The van der Waals surface area contributed by atoms with Gasteiger partial charge in [0.05, 0.1) is 18.8 Å². The van der Waals surface area contributed by atoms with E-state index in [2.05, 4.69) is 41.1 Å². The van der Waals surface area contributed by atoms with Gasteiger partial charge in [0.2, 0.25) is 0 Å². The van der Waals surface area contributed by atoms with Crippen LogP contribution in [0.25, 0.3) is 0 Å². The molecule has 6 nitrogen and oxygen atoms in total. The van der Waals surface area contributed by atoms with Gasteiger partial charge in [-0.1, -0.05) is 0 Å². The summed E-state index contributed by atoms with van der Waals surface area (Å²) in [4.78, 5) is 6.54. The first-order chi connectivity index (χ1) is 8.69. The van der Waals surface area contributed by atoms with Gasteiger partial charge in [0.15, 0.2) is 5.96 Å². The molecule has 0 radical (unpaired) electrons. The number of guanidine groups is 1. The highest BCUT2D eigenvalue weighted by molar-refractivity contribution is 14.0. The molecule has 0 aliphatic carbocycles. The minimum Gasteiger partial charge on any atom is -0.370 e. The van der Waals surface area contributed by atoms with Crippen LogP contribution in [0.4, 0.5) is 0 Å². The molecule has 0 aliphatic rings. The van der Waals surface area contributed by atoms with E-state index in [9.17, 15) is 0 Å². The first-order valence-corrected chi connectivity index (χ1v) is 6.42. The van der Waals surface area contributed by atoms with Gasteiger partial charge < -0.3 is 16.0 Å². The first kappa shape index (κ1) is 19.2. The number of aliphatic imine (C=N–C) groups is 1. The van der Waals surface area contributed by atoms with Gasteiger partial charge in [0, 0.05) is 24.3 Å². The van der Waals surface area contributed by atoms with E-state index in [0.717, 1.165) is 5.56 Å². The summed E-state index contributed by atoms with van der Waals surface area (Å²) < 4.78 is 1.80. The number of aryl methyl sites for hydroxylation is 1. The van der Waals surface area contributed by atoms with Crippen LogP contribution in [0.5, 0.6) is 0 Å². The maximum Gasteiger partial charge on any atom is 0.189 e. The van der Waals surface area contributed by atoms with Gasteiger partial charge in [-0.2, -0.15) is 5.10 Å². The third-order valence-electron chi connectivity index (χ3n) is 2.67. The summed E-state index contributed by atoms with van der Waals surface area (Å²) in [5, 5.41) is 7.36. The predicted molar refractivity (Wildman–Crippen MR) is 94.4 cm³/mol. The standard InChI is InChI=1S/C13H26N6.HI/c1-13(2,3)17-12(14)15-8-11(18(4)5)10-7-16-19(6)9-10;/h7,9,11H,8H2,1-6H3,(H3,14,15,17);1H. The lowest BCUT2D eigenvalue weighted by molar-refractivity contribution is 0.306. The molecule has 1 atom stereocenters. The molecular formula is C13H27IN6. The number of hydrogen-bond acceptors (Lipinski definition) is 3. The molecule has 7 heteroatoms. The fraction of sp³-hybridized carbons (Fsp3) is 0.692. The number of hydrogen-bond donors (Lipinski definition) is 2. The van der Waals surface area contributed by atoms with Crippen LogP contribution in [0.15, 0.2) is 17.4 Å². The van der Waals surface area contributed by atoms with Crippen LogP contribution in [-0.2, 0) is 7.05 Å². The van der Waals surface area contributed by atoms with Crippen LogP contribution in [0.1, 0.15) is 32.4 Å². The fourth-order valence-electron chi connectivity index (χ4n) is 1.79. The molecule has 0 saturated heterocycles. The van der Waals surface area contributed by atoms with E-state index in [-0.39, 0.29) is 35.6 Å². The molecule has 1 unspecified atom stereocenters. The Balaban J connectivity index is 0.00000361. The summed E-state index contributed by atoms with van der Waals surface area (Å²) in [5.41, 5.74) is 6.96. The van der Waals surface area contributed by atoms with Crippen molar-refractivity contribution >= 4 is 29.9 Å². The third kappa shape index (κ3) is 6.56. The molecular weight excluding hydrogens is 367 g/mol. The number of rotatable bonds is 4. The van der Waals surface area contributed by atoms with Crippen LogP contribution in [-0.4, -0.2) is 46.8 Å².